The van der Waals surface area contributed by atoms with Crippen molar-refractivity contribution in [2.75, 3.05) is 33.3 Å². The van der Waals surface area contributed by atoms with Crippen molar-refractivity contribution in [3.8, 4) is 5.75 Å². The quantitative estimate of drug-likeness (QED) is 0.458. The van der Waals surface area contributed by atoms with Crippen LogP contribution in [0.15, 0.2) is 18.2 Å². The largest absolute Gasteiger partial charge is 0.490 e. The summed E-state index contributed by atoms with van der Waals surface area (Å²) >= 11 is 0. The molecule has 0 aliphatic carbocycles. The standard InChI is InChI=1S/C17H25N3O5/c1-12-10-19(11-13(2)25-12)8-4-7-18-17(21)14-5-6-16(24-3)15(9-14)20(22)23/h5-6,9,12-13H,4,7-8,10-11H2,1-3H3,(H,18,21). The molecule has 1 aliphatic heterocycles. The molecule has 0 bridgehead atoms. The molecule has 0 radical (unpaired) electrons. The Bertz CT molecular complexity index is 612. The molecule has 1 aliphatic rings. The molecule has 1 N–H and O–H groups in total. The summed E-state index contributed by atoms with van der Waals surface area (Å²) in [6.45, 7) is 7.29. The lowest BCUT2D eigenvalue weighted by Gasteiger charge is -2.35. The van der Waals surface area contributed by atoms with E-state index >= 15 is 0 Å². The van der Waals surface area contributed by atoms with E-state index in [-0.39, 0.29) is 35.1 Å². The smallest absolute Gasteiger partial charge is 0.311 e. The second-order valence-electron chi connectivity index (χ2n) is 6.27. The number of benzene rings is 1. The predicted octanol–water partition coefficient (Wildman–Crippen LogP) is 1.83. The Balaban J connectivity index is 1.82. The monoisotopic (exact) mass is 351 g/mol. The Labute approximate surface area is 147 Å². The highest BCUT2D eigenvalue weighted by Gasteiger charge is 2.22. The van der Waals surface area contributed by atoms with Crippen LogP contribution in [0, 0.1) is 10.1 Å². The Morgan fingerprint density at radius 2 is 2.08 bits per heavy atom. The normalized spacial score (nSPS) is 20.9. The van der Waals surface area contributed by atoms with Gasteiger partial charge in [0.1, 0.15) is 0 Å². The summed E-state index contributed by atoms with van der Waals surface area (Å²) in [6, 6.07) is 4.19. The van der Waals surface area contributed by atoms with E-state index in [4.69, 9.17) is 9.47 Å². The van der Waals surface area contributed by atoms with Crippen LogP contribution in [0.3, 0.4) is 0 Å². The number of ether oxygens (including phenoxy) is 2. The number of nitrogens with one attached hydrogen (secondary N) is 1. The van der Waals surface area contributed by atoms with Gasteiger partial charge in [0.25, 0.3) is 5.91 Å². The molecule has 8 nitrogen and oxygen atoms in total. The van der Waals surface area contributed by atoms with Crippen LogP contribution in [0.5, 0.6) is 5.75 Å². The van der Waals surface area contributed by atoms with E-state index in [0.717, 1.165) is 26.1 Å². The number of amides is 1. The lowest BCUT2D eigenvalue weighted by molar-refractivity contribution is -0.385. The first-order valence-electron chi connectivity index (χ1n) is 8.39. The molecule has 1 heterocycles. The van der Waals surface area contributed by atoms with Crippen LogP contribution in [0.4, 0.5) is 5.69 Å². The average molecular weight is 351 g/mol. The van der Waals surface area contributed by atoms with Gasteiger partial charge in [-0.3, -0.25) is 19.8 Å². The second-order valence-corrected chi connectivity index (χ2v) is 6.27. The maximum atomic E-state index is 12.2. The number of carbonyl (C=O) groups excluding carboxylic acids is 1. The summed E-state index contributed by atoms with van der Waals surface area (Å²) in [6.07, 6.45) is 1.25. The number of rotatable bonds is 7. The van der Waals surface area contributed by atoms with Gasteiger partial charge in [0.05, 0.1) is 24.2 Å². The first-order chi connectivity index (χ1) is 11.9. The average Bonchev–Trinajstić information content (AvgIpc) is 2.57. The number of hydrogen-bond acceptors (Lipinski definition) is 6. The highest BCUT2D eigenvalue weighted by Crippen LogP contribution is 2.27. The van der Waals surface area contributed by atoms with Crippen LogP contribution in [0.25, 0.3) is 0 Å². The van der Waals surface area contributed by atoms with Gasteiger partial charge in [-0.2, -0.15) is 0 Å². The molecule has 1 aromatic rings. The third kappa shape index (κ3) is 5.40. The first-order valence-corrected chi connectivity index (χ1v) is 8.39. The Kier molecular flexibility index (Phi) is 6.72. The highest BCUT2D eigenvalue weighted by molar-refractivity contribution is 5.95. The molecule has 8 heteroatoms. The first kappa shape index (κ1) is 19.1. The minimum Gasteiger partial charge on any atom is -0.490 e. The minimum absolute atomic E-state index is 0.136. The molecule has 2 unspecified atom stereocenters. The van der Waals surface area contributed by atoms with Crippen molar-refractivity contribution in [3.63, 3.8) is 0 Å². The maximum absolute atomic E-state index is 12.2. The van der Waals surface area contributed by atoms with E-state index in [1.54, 1.807) is 0 Å². The second kappa shape index (κ2) is 8.77. The van der Waals surface area contributed by atoms with Gasteiger partial charge in [-0.05, 0) is 32.4 Å². The van der Waals surface area contributed by atoms with Crippen molar-refractivity contribution >= 4 is 11.6 Å². The Morgan fingerprint density at radius 1 is 1.40 bits per heavy atom. The minimum atomic E-state index is -0.559. The summed E-state index contributed by atoms with van der Waals surface area (Å²) in [5.74, 6) is -0.188. The van der Waals surface area contributed by atoms with Gasteiger partial charge in [0.2, 0.25) is 0 Å². The number of carbonyl (C=O) groups is 1. The molecule has 25 heavy (non-hydrogen) atoms. The number of methoxy groups -OCH3 is 1. The van der Waals surface area contributed by atoms with Crippen molar-refractivity contribution < 1.29 is 19.2 Å². The topological polar surface area (TPSA) is 93.9 Å². The number of morpholine rings is 1. The van der Waals surface area contributed by atoms with Crippen LogP contribution in [-0.2, 0) is 4.74 Å². The Hall–Kier alpha value is -2.19. The highest BCUT2D eigenvalue weighted by atomic mass is 16.6. The predicted molar refractivity (Wildman–Crippen MR) is 93.0 cm³/mol. The van der Waals surface area contributed by atoms with Gasteiger partial charge < -0.3 is 14.8 Å². The van der Waals surface area contributed by atoms with Gasteiger partial charge in [0.15, 0.2) is 5.75 Å². The fourth-order valence-corrected chi connectivity index (χ4v) is 3.05. The third-order valence-corrected chi connectivity index (χ3v) is 4.07. The number of nitrogens with zero attached hydrogens (tertiary/aromatic N) is 2. The molecule has 1 amide bonds. The molecule has 1 aromatic carbocycles. The van der Waals surface area contributed by atoms with Gasteiger partial charge in [-0.1, -0.05) is 0 Å². The lowest BCUT2D eigenvalue weighted by Crippen LogP contribution is -2.46. The molecule has 0 spiro atoms. The molecule has 0 saturated carbocycles. The number of nitro benzene ring substituents is 1. The number of hydrogen-bond donors (Lipinski definition) is 1. The van der Waals surface area contributed by atoms with E-state index in [9.17, 15) is 14.9 Å². The van der Waals surface area contributed by atoms with Crippen molar-refractivity contribution in [1.29, 1.82) is 0 Å². The number of nitro groups is 1. The summed E-state index contributed by atoms with van der Waals surface area (Å²) in [4.78, 5) is 25.0. The molecular weight excluding hydrogens is 326 g/mol. The van der Waals surface area contributed by atoms with E-state index in [1.807, 2.05) is 0 Å². The van der Waals surface area contributed by atoms with Gasteiger partial charge in [-0.15, -0.1) is 0 Å². The lowest BCUT2D eigenvalue weighted by atomic mass is 10.1. The molecular formula is C17H25N3O5. The van der Waals surface area contributed by atoms with Crippen LogP contribution in [-0.4, -0.2) is 61.2 Å². The van der Waals surface area contributed by atoms with E-state index in [1.165, 1.54) is 25.3 Å². The molecule has 2 atom stereocenters. The van der Waals surface area contributed by atoms with E-state index in [0.29, 0.717) is 6.54 Å². The van der Waals surface area contributed by atoms with E-state index < -0.39 is 4.92 Å². The SMILES string of the molecule is COc1ccc(C(=O)NCCCN2CC(C)OC(C)C2)cc1[N+](=O)[O-]. The van der Waals surface area contributed by atoms with Crippen molar-refractivity contribution in [2.45, 2.75) is 32.5 Å². The summed E-state index contributed by atoms with van der Waals surface area (Å²) in [7, 11) is 1.36. The van der Waals surface area contributed by atoms with Crippen molar-refractivity contribution in [1.82, 2.24) is 10.2 Å². The molecule has 2 rings (SSSR count). The molecule has 1 saturated heterocycles. The molecule has 138 valence electrons. The zero-order valence-corrected chi connectivity index (χ0v) is 14.9. The Morgan fingerprint density at radius 3 is 2.68 bits per heavy atom. The molecule has 0 aromatic heterocycles. The van der Waals surface area contributed by atoms with Crippen LogP contribution in [0.2, 0.25) is 0 Å². The van der Waals surface area contributed by atoms with Crippen LogP contribution in [0.1, 0.15) is 30.6 Å². The van der Waals surface area contributed by atoms with Crippen LogP contribution >= 0.6 is 0 Å². The van der Waals surface area contributed by atoms with E-state index in [2.05, 4.69) is 24.1 Å². The molecule has 1 fully saturated rings. The van der Waals surface area contributed by atoms with Gasteiger partial charge in [-0.25, -0.2) is 0 Å². The zero-order valence-electron chi connectivity index (χ0n) is 14.9. The summed E-state index contributed by atoms with van der Waals surface area (Å²) in [5.41, 5.74) is 0.0348. The third-order valence-electron chi connectivity index (χ3n) is 4.07. The zero-order chi connectivity index (χ0) is 18.4. The summed E-state index contributed by atoms with van der Waals surface area (Å²) in [5, 5.41) is 13.8. The maximum Gasteiger partial charge on any atom is 0.311 e. The van der Waals surface area contributed by atoms with Gasteiger partial charge >= 0.3 is 5.69 Å². The van der Waals surface area contributed by atoms with Gasteiger partial charge in [0, 0.05) is 37.8 Å². The van der Waals surface area contributed by atoms with Crippen LogP contribution < -0.4 is 10.1 Å². The van der Waals surface area contributed by atoms with Crippen molar-refractivity contribution in [3.05, 3.63) is 33.9 Å². The summed E-state index contributed by atoms with van der Waals surface area (Å²) < 4.78 is 10.6. The van der Waals surface area contributed by atoms with Crippen molar-refractivity contribution in [2.24, 2.45) is 0 Å². The fourth-order valence-electron chi connectivity index (χ4n) is 3.05. The fraction of sp³-hybridized carbons (Fsp3) is 0.588.